The number of hydrogen-bond acceptors (Lipinski definition) is 3. The molecule has 4 heteroatoms. The van der Waals surface area contributed by atoms with Crippen LogP contribution in [0, 0.1) is 11.8 Å². The lowest BCUT2D eigenvalue weighted by Gasteiger charge is -2.29. The summed E-state index contributed by atoms with van der Waals surface area (Å²) in [5, 5.41) is 0. The fraction of sp³-hybridized carbons (Fsp3) is 0.611. The second kappa shape index (κ2) is 5.92. The van der Waals surface area contributed by atoms with E-state index in [0.717, 1.165) is 31.7 Å². The number of benzene rings is 1. The summed E-state index contributed by atoms with van der Waals surface area (Å²) in [5.74, 6) is 2.01. The Labute approximate surface area is 132 Å². The second-order valence-electron chi connectivity index (χ2n) is 6.90. The summed E-state index contributed by atoms with van der Waals surface area (Å²) in [7, 11) is 1.59. The highest BCUT2D eigenvalue weighted by molar-refractivity contribution is 5.84. The van der Waals surface area contributed by atoms with Crippen LogP contribution in [0.2, 0.25) is 0 Å². The minimum atomic E-state index is -0.742. The summed E-state index contributed by atoms with van der Waals surface area (Å²) in [6, 6.07) is 9.98. The molecule has 2 fully saturated rings. The lowest BCUT2D eigenvalue weighted by atomic mass is 9.99. The van der Waals surface area contributed by atoms with Crippen LogP contribution >= 0.6 is 0 Å². The maximum Gasteiger partial charge on any atom is 0.254 e. The molecule has 0 spiro atoms. The zero-order valence-corrected chi connectivity index (χ0v) is 13.6. The quantitative estimate of drug-likeness (QED) is 0.858. The van der Waals surface area contributed by atoms with Crippen LogP contribution in [0.5, 0.6) is 5.75 Å². The Balaban J connectivity index is 1.65. The summed E-state index contributed by atoms with van der Waals surface area (Å²) in [4.78, 5) is 14.5. The van der Waals surface area contributed by atoms with Crippen LogP contribution in [-0.2, 0) is 9.53 Å². The molecule has 3 atom stereocenters. The van der Waals surface area contributed by atoms with E-state index >= 15 is 0 Å². The summed E-state index contributed by atoms with van der Waals surface area (Å²) < 4.78 is 11.5. The van der Waals surface area contributed by atoms with E-state index in [2.05, 4.69) is 0 Å². The molecule has 0 radical (unpaired) electrons. The van der Waals surface area contributed by atoms with E-state index in [1.54, 1.807) is 7.11 Å². The molecular formula is C18H25NO3. The zero-order chi connectivity index (χ0) is 15.7. The van der Waals surface area contributed by atoms with Crippen molar-refractivity contribution in [2.24, 2.45) is 11.8 Å². The largest absolute Gasteiger partial charge is 0.490 e. The predicted octanol–water partition coefficient (Wildman–Crippen LogP) is 2.73. The molecule has 1 aliphatic heterocycles. The molecule has 2 aliphatic rings. The topological polar surface area (TPSA) is 38.8 Å². The first-order chi connectivity index (χ1) is 10.5. The van der Waals surface area contributed by atoms with Crippen molar-refractivity contribution < 1.29 is 14.3 Å². The van der Waals surface area contributed by atoms with Gasteiger partial charge in [0.05, 0.1) is 0 Å². The van der Waals surface area contributed by atoms with Gasteiger partial charge in [-0.2, -0.15) is 0 Å². The smallest absolute Gasteiger partial charge is 0.254 e. The van der Waals surface area contributed by atoms with E-state index < -0.39 is 5.60 Å². The van der Waals surface area contributed by atoms with Gasteiger partial charge in [-0.15, -0.1) is 0 Å². The van der Waals surface area contributed by atoms with Crippen molar-refractivity contribution in [3.8, 4) is 5.75 Å². The van der Waals surface area contributed by atoms with Crippen LogP contribution < -0.4 is 4.74 Å². The van der Waals surface area contributed by atoms with Gasteiger partial charge in [-0.05, 0) is 44.7 Å². The Bertz CT molecular complexity index is 528. The Hall–Kier alpha value is -1.55. The molecule has 0 N–H and O–H groups in total. The van der Waals surface area contributed by atoms with E-state index in [0.29, 0.717) is 11.8 Å². The van der Waals surface area contributed by atoms with Crippen LogP contribution in [0.15, 0.2) is 30.3 Å². The van der Waals surface area contributed by atoms with E-state index in [4.69, 9.17) is 9.47 Å². The maximum absolute atomic E-state index is 12.6. The van der Waals surface area contributed by atoms with Crippen LogP contribution in [0.25, 0.3) is 0 Å². The lowest BCUT2D eigenvalue weighted by molar-refractivity contribution is -0.150. The number of nitrogens with zero attached hydrogens (tertiary/aromatic N) is 1. The molecule has 120 valence electrons. The molecule has 0 aromatic heterocycles. The number of fused-ring (bicyclic) bond motifs is 1. The number of para-hydroxylation sites is 1. The zero-order valence-electron chi connectivity index (χ0n) is 13.6. The Morgan fingerprint density at radius 1 is 1.18 bits per heavy atom. The minimum absolute atomic E-state index is 0.0860. The normalized spacial score (nSPS) is 27.8. The third-order valence-corrected chi connectivity index (χ3v) is 5.13. The van der Waals surface area contributed by atoms with Gasteiger partial charge in [0.2, 0.25) is 0 Å². The highest BCUT2D eigenvalue weighted by Crippen LogP contribution is 2.40. The summed E-state index contributed by atoms with van der Waals surface area (Å²) in [6.07, 6.45) is 2.44. The van der Waals surface area contributed by atoms with Gasteiger partial charge in [-0.3, -0.25) is 4.79 Å². The van der Waals surface area contributed by atoms with Crippen molar-refractivity contribution >= 4 is 5.91 Å². The lowest BCUT2D eigenvalue weighted by Crippen LogP contribution is -2.46. The summed E-state index contributed by atoms with van der Waals surface area (Å²) in [5.41, 5.74) is -0.742. The van der Waals surface area contributed by atoms with E-state index in [9.17, 15) is 4.79 Å². The third kappa shape index (κ3) is 2.84. The number of rotatable bonds is 4. The molecule has 1 aromatic carbocycles. The Morgan fingerprint density at radius 2 is 1.91 bits per heavy atom. The highest BCUT2D eigenvalue weighted by Gasteiger charge is 2.47. The first-order valence-electron chi connectivity index (χ1n) is 8.07. The summed E-state index contributed by atoms with van der Waals surface area (Å²) in [6.45, 7) is 5.29. The maximum atomic E-state index is 12.6. The minimum Gasteiger partial charge on any atom is -0.490 e. The molecule has 1 heterocycles. The standard InChI is InChI=1S/C18H25NO3/c1-18(2,21-3)17(20)19-11-13-9-10-16(15(13)12-19)22-14-7-5-4-6-8-14/h4-8,13,15-16H,9-12H2,1-3H3/t13-,15+,16-/m0/s1. The number of carbonyl (C=O) groups is 1. The number of carbonyl (C=O) groups excluding carboxylic acids is 1. The van der Waals surface area contributed by atoms with Gasteiger partial charge >= 0.3 is 0 Å². The van der Waals surface area contributed by atoms with Crippen molar-refractivity contribution in [2.45, 2.75) is 38.4 Å². The first kappa shape index (κ1) is 15.3. The van der Waals surface area contributed by atoms with E-state index in [1.807, 2.05) is 49.1 Å². The predicted molar refractivity (Wildman–Crippen MR) is 84.7 cm³/mol. The highest BCUT2D eigenvalue weighted by atomic mass is 16.5. The molecule has 0 unspecified atom stereocenters. The van der Waals surface area contributed by atoms with Gasteiger partial charge in [0.1, 0.15) is 17.5 Å². The molecule has 1 amide bonds. The van der Waals surface area contributed by atoms with Crippen LogP contribution in [0.4, 0.5) is 0 Å². The fourth-order valence-corrected chi connectivity index (χ4v) is 3.67. The van der Waals surface area contributed by atoms with Crippen LogP contribution in [-0.4, -0.2) is 42.7 Å². The Kier molecular flexibility index (Phi) is 4.13. The monoisotopic (exact) mass is 303 g/mol. The van der Waals surface area contributed by atoms with Crippen molar-refractivity contribution in [3.63, 3.8) is 0 Å². The van der Waals surface area contributed by atoms with Crippen molar-refractivity contribution in [2.75, 3.05) is 20.2 Å². The number of hydrogen-bond donors (Lipinski definition) is 0. The summed E-state index contributed by atoms with van der Waals surface area (Å²) >= 11 is 0. The second-order valence-corrected chi connectivity index (χ2v) is 6.90. The third-order valence-electron chi connectivity index (χ3n) is 5.13. The van der Waals surface area contributed by atoms with Gasteiger partial charge in [-0.1, -0.05) is 18.2 Å². The van der Waals surface area contributed by atoms with Crippen molar-refractivity contribution in [1.29, 1.82) is 0 Å². The average Bonchev–Trinajstić information content (AvgIpc) is 3.09. The average molecular weight is 303 g/mol. The molecule has 1 aliphatic carbocycles. The van der Waals surface area contributed by atoms with Gasteiger partial charge in [-0.25, -0.2) is 0 Å². The molecule has 22 heavy (non-hydrogen) atoms. The number of methoxy groups -OCH3 is 1. The number of ether oxygens (including phenoxy) is 2. The van der Waals surface area contributed by atoms with Crippen LogP contribution in [0.3, 0.4) is 0 Å². The van der Waals surface area contributed by atoms with Gasteiger partial charge in [0.15, 0.2) is 0 Å². The van der Waals surface area contributed by atoms with Crippen molar-refractivity contribution in [3.05, 3.63) is 30.3 Å². The number of amides is 1. The molecule has 0 bridgehead atoms. The molecule has 1 aromatic rings. The fourth-order valence-electron chi connectivity index (χ4n) is 3.67. The van der Waals surface area contributed by atoms with Crippen LogP contribution in [0.1, 0.15) is 26.7 Å². The van der Waals surface area contributed by atoms with E-state index in [-0.39, 0.29) is 12.0 Å². The van der Waals surface area contributed by atoms with Gasteiger partial charge < -0.3 is 14.4 Å². The molecule has 1 saturated heterocycles. The van der Waals surface area contributed by atoms with Gasteiger partial charge in [0.25, 0.3) is 5.91 Å². The van der Waals surface area contributed by atoms with Gasteiger partial charge in [0, 0.05) is 26.1 Å². The molecule has 4 nitrogen and oxygen atoms in total. The van der Waals surface area contributed by atoms with Crippen molar-refractivity contribution in [1.82, 2.24) is 4.90 Å². The first-order valence-corrected chi connectivity index (χ1v) is 8.07. The Morgan fingerprint density at radius 3 is 2.59 bits per heavy atom. The SMILES string of the molecule is COC(C)(C)C(=O)N1C[C@@H]2CC[C@H](Oc3ccccc3)[C@@H]2C1. The molecule has 3 rings (SSSR count). The molecular weight excluding hydrogens is 278 g/mol. The number of likely N-dealkylation sites (tertiary alicyclic amines) is 1. The molecule has 1 saturated carbocycles. The van der Waals surface area contributed by atoms with E-state index in [1.165, 1.54) is 0 Å².